The highest BCUT2D eigenvalue weighted by Gasteiger charge is 2.38. The van der Waals surface area contributed by atoms with Gasteiger partial charge < -0.3 is 5.11 Å². The Kier molecular flexibility index (Phi) is 2.12. The Labute approximate surface area is 79.4 Å². The number of hydrogen-bond acceptors (Lipinski definition) is 1. The molecular weight excluding hydrogens is 160 g/mol. The zero-order chi connectivity index (χ0) is 9.42. The van der Waals surface area contributed by atoms with Crippen LogP contribution in [0.25, 0.3) is 0 Å². The van der Waals surface area contributed by atoms with E-state index in [2.05, 4.69) is 32.0 Å². The van der Waals surface area contributed by atoms with Gasteiger partial charge in [-0.25, -0.2) is 0 Å². The molecule has 1 aromatic rings. The van der Waals surface area contributed by atoms with Crippen molar-refractivity contribution < 1.29 is 5.11 Å². The van der Waals surface area contributed by atoms with E-state index in [1.807, 2.05) is 0 Å². The summed E-state index contributed by atoms with van der Waals surface area (Å²) in [7, 11) is 0. The summed E-state index contributed by atoms with van der Waals surface area (Å²) in [6, 6.07) is 6.59. The van der Waals surface area contributed by atoms with Crippen molar-refractivity contribution in [3.8, 4) is 0 Å². The first-order valence-electron chi connectivity index (χ1n) is 4.90. The third kappa shape index (κ3) is 1.61. The lowest BCUT2D eigenvalue weighted by Crippen LogP contribution is -1.92. The minimum Gasteiger partial charge on any atom is -0.396 e. The predicted molar refractivity (Wildman–Crippen MR) is 53.8 cm³/mol. The van der Waals surface area contributed by atoms with Crippen LogP contribution in [-0.4, -0.2) is 11.7 Å². The van der Waals surface area contributed by atoms with Gasteiger partial charge in [0.1, 0.15) is 0 Å². The van der Waals surface area contributed by atoms with Crippen LogP contribution in [0.5, 0.6) is 0 Å². The Morgan fingerprint density at radius 1 is 1.38 bits per heavy atom. The molecule has 0 spiro atoms. The molecule has 1 N–H and O–H groups in total. The van der Waals surface area contributed by atoms with Crippen LogP contribution in [0.15, 0.2) is 18.2 Å². The molecule has 1 heteroatoms. The molecule has 0 bridgehead atoms. The highest BCUT2D eigenvalue weighted by Crippen LogP contribution is 2.48. The molecule has 0 amide bonds. The van der Waals surface area contributed by atoms with Crippen molar-refractivity contribution >= 4 is 0 Å². The quantitative estimate of drug-likeness (QED) is 0.733. The number of benzene rings is 1. The molecule has 2 rings (SSSR count). The second-order valence-corrected chi connectivity index (χ2v) is 4.14. The van der Waals surface area contributed by atoms with Gasteiger partial charge in [0.15, 0.2) is 0 Å². The standard InChI is InChI=1S/C12H16O/c1-8-3-4-9(2)11(5-8)12-6-10(12)7-13/h3-5,10,12-13H,6-7H2,1-2H3. The fourth-order valence-electron chi connectivity index (χ4n) is 1.99. The Morgan fingerprint density at radius 2 is 2.15 bits per heavy atom. The summed E-state index contributed by atoms with van der Waals surface area (Å²) in [5.74, 6) is 1.16. The van der Waals surface area contributed by atoms with Crippen LogP contribution < -0.4 is 0 Å². The van der Waals surface area contributed by atoms with Gasteiger partial charge in [-0.2, -0.15) is 0 Å². The maximum Gasteiger partial charge on any atom is 0.0465 e. The summed E-state index contributed by atoms with van der Waals surface area (Å²) in [5.41, 5.74) is 4.13. The first-order chi connectivity index (χ1) is 6.22. The SMILES string of the molecule is Cc1ccc(C)c(C2CC2CO)c1. The number of aryl methyl sites for hydroxylation is 2. The second kappa shape index (κ2) is 3.15. The van der Waals surface area contributed by atoms with Crippen LogP contribution in [0.1, 0.15) is 29.0 Å². The lowest BCUT2D eigenvalue weighted by molar-refractivity contribution is 0.274. The summed E-state index contributed by atoms with van der Waals surface area (Å²) in [6.45, 7) is 4.62. The van der Waals surface area contributed by atoms with Gasteiger partial charge in [0, 0.05) is 6.61 Å². The van der Waals surface area contributed by atoms with Crippen molar-refractivity contribution in [3.05, 3.63) is 34.9 Å². The van der Waals surface area contributed by atoms with Crippen LogP contribution in [-0.2, 0) is 0 Å². The van der Waals surface area contributed by atoms with Crippen molar-refractivity contribution in [1.82, 2.24) is 0 Å². The maximum absolute atomic E-state index is 9.00. The van der Waals surface area contributed by atoms with Gasteiger partial charge in [0.2, 0.25) is 0 Å². The number of aliphatic hydroxyl groups is 1. The molecule has 1 aromatic carbocycles. The van der Waals surface area contributed by atoms with E-state index in [0.29, 0.717) is 18.4 Å². The molecule has 0 saturated heterocycles. The smallest absolute Gasteiger partial charge is 0.0465 e. The van der Waals surface area contributed by atoms with Gasteiger partial charge in [-0.05, 0) is 43.2 Å². The Balaban J connectivity index is 2.25. The lowest BCUT2D eigenvalue weighted by atomic mass is 10.0. The molecule has 0 radical (unpaired) electrons. The minimum absolute atomic E-state index is 0.345. The fraction of sp³-hybridized carbons (Fsp3) is 0.500. The Bertz CT molecular complexity index is 317. The number of hydrogen-bond donors (Lipinski definition) is 1. The highest BCUT2D eigenvalue weighted by molar-refractivity contribution is 5.36. The predicted octanol–water partition coefficient (Wildman–Crippen LogP) is 2.40. The van der Waals surface area contributed by atoms with Gasteiger partial charge in [-0.3, -0.25) is 0 Å². The van der Waals surface area contributed by atoms with E-state index >= 15 is 0 Å². The van der Waals surface area contributed by atoms with Crippen molar-refractivity contribution in [1.29, 1.82) is 0 Å². The molecule has 1 nitrogen and oxygen atoms in total. The molecule has 1 aliphatic rings. The highest BCUT2D eigenvalue weighted by atomic mass is 16.3. The average Bonchev–Trinajstić information content (AvgIpc) is 2.88. The molecule has 0 aliphatic heterocycles. The summed E-state index contributed by atoms with van der Waals surface area (Å²) in [4.78, 5) is 0. The van der Waals surface area contributed by atoms with Crippen molar-refractivity contribution in [2.24, 2.45) is 5.92 Å². The molecule has 13 heavy (non-hydrogen) atoms. The van der Waals surface area contributed by atoms with Crippen LogP contribution in [0.4, 0.5) is 0 Å². The van der Waals surface area contributed by atoms with Crippen molar-refractivity contribution in [2.45, 2.75) is 26.2 Å². The molecule has 2 atom stereocenters. The first-order valence-corrected chi connectivity index (χ1v) is 4.90. The lowest BCUT2D eigenvalue weighted by Gasteiger charge is -2.05. The van der Waals surface area contributed by atoms with E-state index in [1.54, 1.807) is 0 Å². The molecule has 0 heterocycles. The van der Waals surface area contributed by atoms with Crippen molar-refractivity contribution in [2.75, 3.05) is 6.61 Å². The summed E-state index contributed by atoms with van der Waals surface area (Å²) >= 11 is 0. The van der Waals surface area contributed by atoms with Gasteiger partial charge in [0.05, 0.1) is 0 Å². The van der Waals surface area contributed by atoms with Gasteiger partial charge >= 0.3 is 0 Å². The molecular formula is C12H16O. The Hall–Kier alpha value is -0.820. The first kappa shape index (κ1) is 8.76. The molecule has 70 valence electrons. The Morgan fingerprint density at radius 3 is 2.77 bits per heavy atom. The van der Waals surface area contributed by atoms with Crippen LogP contribution in [0.2, 0.25) is 0 Å². The summed E-state index contributed by atoms with van der Waals surface area (Å²) < 4.78 is 0. The van der Waals surface area contributed by atoms with E-state index < -0.39 is 0 Å². The third-order valence-electron chi connectivity index (χ3n) is 2.99. The van der Waals surface area contributed by atoms with E-state index in [9.17, 15) is 0 Å². The average molecular weight is 176 g/mol. The molecule has 1 saturated carbocycles. The van der Waals surface area contributed by atoms with Gasteiger partial charge in [0.25, 0.3) is 0 Å². The van der Waals surface area contributed by atoms with Gasteiger partial charge in [-0.15, -0.1) is 0 Å². The molecule has 1 aliphatic carbocycles. The largest absolute Gasteiger partial charge is 0.396 e. The van der Waals surface area contributed by atoms with Crippen LogP contribution in [0, 0.1) is 19.8 Å². The van der Waals surface area contributed by atoms with Crippen LogP contribution >= 0.6 is 0 Å². The number of rotatable bonds is 2. The third-order valence-corrected chi connectivity index (χ3v) is 2.99. The topological polar surface area (TPSA) is 20.2 Å². The monoisotopic (exact) mass is 176 g/mol. The van der Waals surface area contributed by atoms with E-state index in [4.69, 9.17) is 5.11 Å². The second-order valence-electron chi connectivity index (χ2n) is 4.14. The fourth-order valence-corrected chi connectivity index (χ4v) is 1.99. The normalized spacial score (nSPS) is 26.1. The zero-order valence-electron chi connectivity index (χ0n) is 8.25. The van der Waals surface area contributed by atoms with Crippen molar-refractivity contribution in [3.63, 3.8) is 0 Å². The molecule has 1 fully saturated rings. The number of aliphatic hydroxyl groups excluding tert-OH is 1. The molecule has 0 aromatic heterocycles. The van der Waals surface area contributed by atoms with E-state index in [-0.39, 0.29) is 0 Å². The molecule has 2 unspecified atom stereocenters. The van der Waals surface area contributed by atoms with E-state index in [0.717, 1.165) is 0 Å². The van der Waals surface area contributed by atoms with Crippen LogP contribution in [0.3, 0.4) is 0 Å². The summed E-state index contributed by atoms with van der Waals surface area (Å²) in [5, 5.41) is 9.00. The van der Waals surface area contributed by atoms with Gasteiger partial charge in [-0.1, -0.05) is 23.8 Å². The minimum atomic E-state index is 0.345. The maximum atomic E-state index is 9.00. The zero-order valence-corrected chi connectivity index (χ0v) is 8.25. The summed E-state index contributed by atoms with van der Waals surface area (Å²) in [6.07, 6.45) is 1.17. The van der Waals surface area contributed by atoms with E-state index in [1.165, 1.54) is 23.1 Å².